The van der Waals surface area contributed by atoms with Crippen LogP contribution in [0.5, 0.6) is 11.5 Å². The third-order valence-electron chi connectivity index (χ3n) is 6.58. The zero-order chi connectivity index (χ0) is 26.3. The summed E-state index contributed by atoms with van der Waals surface area (Å²) in [4.78, 5) is 19.3. The topological polar surface area (TPSA) is 99.1 Å². The molecular formula is C29H31N5O3S. The summed E-state index contributed by atoms with van der Waals surface area (Å²) in [5.41, 5.74) is 6.01. The van der Waals surface area contributed by atoms with Crippen molar-refractivity contribution in [2.45, 2.75) is 32.9 Å². The van der Waals surface area contributed by atoms with Gasteiger partial charge in [0.25, 0.3) is 0 Å². The molecule has 3 aromatic carbocycles. The Kier molecular flexibility index (Phi) is 8.15. The van der Waals surface area contributed by atoms with E-state index < -0.39 is 6.03 Å². The molecule has 0 bridgehead atoms. The van der Waals surface area contributed by atoms with Gasteiger partial charge >= 0.3 is 6.03 Å². The van der Waals surface area contributed by atoms with Crippen molar-refractivity contribution >= 4 is 38.9 Å². The number of benzene rings is 3. The molecule has 2 heterocycles. The molecule has 0 saturated carbocycles. The number of thiazole rings is 1. The molecule has 1 aliphatic rings. The molecule has 8 nitrogen and oxygen atoms in total. The highest BCUT2D eigenvalue weighted by atomic mass is 32.1. The number of urea groups is 1. The molecule has 5 rings (SSSR count). The number of aromatic hydroxyl groups is 1. The van der Waals surface area contributed by atoms with Crippen LogP contribution in [-0.2, 0) is 13.2 Å². The van der Waals surface area contributed by atoms with Crippen LogP contribution < -0.4 is 15.5 Å². The number of likely N-dealkylation sites (tertiary alicyclic amines) is 1. The largest absolute Gasteiger partial charge is 0.507 e. The molecule has 1 fully saturated rings. The first-order valence-electron chi connectivity index (χ1n) is 12.7. The summed E-state index contributed by atoms with van der Waals surface area (Å²) in [5.74, 6) is 1.36. The Morgan fingerprint density at radius 2 is 1.95 bits per heavy atom. The molecule has 0 aliphatic carbocycles. The van der Waals surface area contributed by atoms with Gasteiger partial charge in [-0.25, -0.2) is 15.2 Å². The van der Waals surface area contributed by atoms with Crippen molar-refractivity contribution in [2.24, 2.45) is 11.0 Å². The highest BCUT2D eigenvalue weighted by Crippen LogP contribution is 2.28. The molecule has 4 aromatic rings. The van der Waals surface area contributed by atoms with Crippen molar-refractivity contribution in [3.63, 3.8) is 0 Å². The van der Waals surface area contributed by atoms with Gasteiger partial charge in [0.15, 0.2) is 5.13 Å². The molecule has 38 heavy (non-hydrogen) atoms. The number of carbonyl (C=O) groups is 1. The summed E-state index contributed by atoms with van der Waals surface area (Å²) in [6.07, 6.45) is 3.88. The van der Waals surface area contributed by atoms with Crippen LogP contribution in [0.25, 0.3) is 10.2 Å². The minimum Gasteiger partial charge on any atom is -0.507 e. The average molecular weight is 530 g/mol. The van der Waals surface area contributed by atoms with Gasteiger partial charge in [-0.3, -0.25) is 10.2 Å². The van der Waals surface area contributed by atoms with Gasteiger partial charge in [0.1, 0.15) is 18.1 Å². The molecule has 2 amide bonds. The van der Waals surface area contributed by atoms with E-state index in [4.69, 9.17) is 4.74 Å². The van der Waals surface area contributed by atoms with Crippen molar-refractivity contribution in [1.82, 2.24) is 15.3 Å². The number of hydrazone groups is 1. The number of rotatable bonds is 8. The minimum absolute atomic E-state index is 0.00237. The SMILES string of the molecule is CC1CCN(Cc2ccc3nc(NC(=O)N/N=C/c4ccc(OCc5ccccc5)cc4O)sc3c2)CC1. The van der Waals surface area contributed by atoms with E-state index in [0.29, 0.717) is 23.1 Å². The van der Waals surface area contributed by atoms with Crippen molar-refractivity contribution < 1.29 is 14.6 Å². The first-order chi connectivity index (χ1) is 18.5. The van der Waals surface area contributed by atoms with Crippen LogP contribution in [0.2, 0.25) is 0 Å². The summed E-state index contributed by atoms with van der Waals surface area (Å²) in [7, 11) is 0. The van der Waals surface area contributed by atoms with Crippen LogP contribution in [0.4, 0.5) is 9.93 Å². The van der Waals surface area contributed by atoms with Gasteiger partial charge in [0.2, 0.25) is 0 Å². The molecule has 1 saturated heterocycles. The van der Waals surface area contributed by atoms with Gasteiger partial charge in [-0.2, -0.15) is 5.10 Å². The van der Waals surface area contributed by atoms with Crippen molar-refractivity contribution in [3.05, 3.63) is 83.4 Å². The number of nitrogens with one attached hydrogen (secondary N) is 2. The van der Waals surface area contributed by atoms with Crippen LogP contribution in [0.3, 0.4) is 0 Å². The van der Waals surface area contributed by atoms with E-state index in [0.717, 1.165) is 41.3 Å². The summed E-state index contributed by atoms with van der Waals surface area (Å²) < 4.78 is 6.75. The number of piperidine rings is 1. The normalized spacial score (nSPS) is 14.7. The monoisotopic (exact) mass is 529 g/mol. The number of aromatic nitrogens is 1. The lowest BCUT2D eigenvalue weighted by atomic mass is 9.99. The quantitative estimate of drug-likeness (QED) is 0.193. The van der Waals surface area contributed by atoms with Crippen LogP contribution in [0.15, 0.2) is 71.8 Å². The number of phenols is 1. The highest BCUT2D eigenvalue weighted by molar-refractivity contribution is 7.22. The van der Waals surface area contributed by atoms with Gasteiger partial charge in [-0.15, -0.1) is 0 Å². The van der Waals surface area contributed by atoms with E-state index in [1.807, 2.05) is 36.4 Å². The van der Waals surface area contributed by atoms with Gasteiger partial charge in [-0.05, 0) is 67.2 Å². The predicted molar refractivity (Wildman–Crippen MR) is 152 cm³/mol. The van der Waals surface area contributed by atoms with Gasteiger partial charge < -0.3 is 9.84 Å². The first kappa shape index (κ1) is 25.7. The lowest BCUT2D eigenvalue weighted by Crippen LogP contribution is -2.32. The molecule has 3 N–H and O–H groups in total. The smallest absolute Gasteiger partial charge is 0.341 e. The number of hydrogen-bond donors (Lipinski definition) is 3. The van der Waals surface area contributed by atoms with Crippen LogP contribution in [-0.4, -0.2) is 40.3 Å². The number of hydrogen-bond acceptors (Lipinski definition) is 7. The number of anilines is 1. The predicted octanol–water partition coefficient (Wildman–Crippen LogP) is 5.97. The fraction of sp³-hybridized carbons (Fsp3) is 0.276. The second-order valence-electron chi connectivity index (χ2n) is 9.60. The Balaban J connectivity index is 1.12. The number of fused-ring (bicyclic) bond motifs is 1. The molecule has 0 unspecified atom stereocenters. The van der Waals surface area contributed by atoms with Crippen LogP contribution in [0.1, 0.15) is 36.5 Å². The van der Waals surface area contributed by atoms with E-state index in [-0.39, 0.29) is 5.75 Å². The third kappa shape index (κ3) is 6.87. The van der Waals surface area contributed by atoms with Crippen LogP contribution >= 0.6 is 11.3 Å². The summed E-state index contributed by atoms with van der Waals surface area (Å²) >= 11 is 1.43. The molecule has 1 aliphatic heterocycles. The zero-order valence-corrected chi connectivity index (χ0v) is 22.1. The molecule has 0 spiro atoms. The van der Waals surface area contributed by atoms with E-state index in [1.54, 1.807) is 12.1 Å². The lowest BCUT2D eigenvalue weighted by Gasteiger charge is -2.30. The molecule has 0 radical (unpaired) electrons. The summed E-state index contributed by atoms with van der Waals surface area (Å²) in [5, 5.41) is 17.5. The van der Waals surface area contributed by atoms with E-state index in [1.165, 1.54) is 42.0 Å². The molecule has 9 heteroatoms. The second-order valence-corrected chi connectivity index (χ2v) is 10.6. The van der Waals surface area contributed by atoms with Crippen molar-refractivity contribution in [1.29, 1.82) is 0 Å². The maximum Gasteiger partial charge on any atom is 0.341 e. The highest BCUT2D eigenvalue weighted by Gasteiger charge is 2.16. The third-order valence-corrected chi connectivity index (χ3v) is 7.51. The molecule has 0 atom stereocenters. The maximum atomic E-state index is 12.3. The summed E-state index contributed by atoms with van der Waals surface area (Å²) in [6.45, 7) is 5.94. The number of amides is 2. The van der Waals surface area contributed by atoms with Gasteiger partial charge in [-0.1, -0.05) is 54.7 Å². The Morgan fingerprint density at radius 3 is 2.74 bits per heavy atom. The van der Waals surface area contributed by atoms with Gasteiger partial charge in [0.05, 0.1) is 16.4 Å². The maximum absolute atomic E-state index is 12.3. The fourth-order valence-electron chi connectivity index (χ4n) is 4.35. The standard InChI is InChI=1S/C29H31N5O3S/c1-20-11-13-34(14-12-20)18-22-7-10-25-27(15-22)38-29(31-25)32-28(36)33-30-17-23-8-9-24(16-26(23)35)37-19-21-5-3-2-4-6-21/h2-10,15-17,20,35H,11-14,18-19H2,1H3,(H2,31,32,33,36)/b30-17+. The number of phenolic OH excluding ortho intramolecular Hbond substituents is 1. The van der Waals surface area contributed by atoms with Crippen molar-refractivity contribution in [3.8, 4) is 11.5 Å². The summed E-state index contributed by atoms with van der Waals surface area (Å²) in [6, 6.07) is 20.5. The Hall–Kier alpha value is -3.95. The van der Waals surface area contributed by atoms with Crippen molar-refractivity contribution in [2.75, 3.05) is 18.4 Å². The molecule has 1 aromatic heterocycles. The molecular weight excluding hydrogens is 498 g/mol. The molecule has 196 valence electrons. The van der Waals surface area contributed by atoms with Crippen LogP contribution in [0, 0.1) is 5.92 Å². The van der Waals surface area contributed by atoms with E-state index in [2.05, 4.69) is 44.8 Å². The Labute approximate surface area is 226 Å². The number of nitrogens with zero attached hydrogens (tertiary/aromatic N) is 3. The lowest BCUT2D eigenvalue weighted by molar-refractivity contribution is 0.185. The first-order valence-corrected chi connectivity index (χ1v) is 13.5. The second kappa shape index (κ2) is 12.1. The zero-order valence-electron chi connectivity index (χ0n) is 21.3. The minimum atomic E-state index is -0.509. The van der Waals surface area contributed by atoms with E-state index in [9.17, 15) is 9.90 Å². The van der Waals surface area contributed by atoms with Gasteiger partial charge in [0, 0.05) is 18.2 Å². The Bertz CT molecular complexity index is 1410. The average Bonchev–Trinajstić information content (AvgIpc) is 3.32. The van der Waals surface area contributed by atoms with E-state index >= 15 is 0 Å². The number of ether oxygens (including phenoxy) is 1. The Morgan fingerprint density at radius 1 is 1.13 bits per heavy atom. The number of carbonyl (C=O) groups excluding carboxylic acids is 1. The fourth-order valence-corrected chi connectivity index (χ4v) is 5.27.